The quantitative estimate of drug-likeness (QED) is 0.391. The standard InChI is InChI=1S/C14H12F2N2O2/c15-10-5-9(6-11(16)7-10)8-20-13-4-2-1-3-12(13)14(17)18-19/h1-7,19H,8H2,(H2,17,18). The fourth-order valence-electron chi connectivity index (χ4n) is 1.71. The third kappa shape index (κ3) is 3.23. The van der Waals surface area contributed by atoms with E-state index in [1.807, 2.05) is 0 Å². The molecule has 2 rings (SSSR count). The van der Waals surface area contributed by atoms with Crippen LogP contribution in [-0.4, -0.2) is 11.0 Å². The molecule has 0 aliphatic rings. The number of rotatable bonds is 4. The summed E-state index contributed by atoms with van der Waals surface area (Å²) in [6.07, 6.45) is 0. The van der Waals surface area contributed by atoms with Gasteiger partial charge < -0.3 is 15.7 Å². The normalized spacial score (nSPS) is 11.4. The molecule has 0 bridgehead atoms. The number of nitrogens with zero attached hydrogens (tertiary/aromatic N) is 1. The molecule has 0 aliphatic carbocycles. The van der Waals surface area contributed by atoms with Gasteiger partial charge in [-0.05, 0) is 29.8 Å². The van der Waals surface area contributed by atoms with Crippen LogP contribution >= 0.6 is 0 Å². The van der Waals surface area contributed by atoms with E-state index in [1.54, 1.807) is 24.3 Å². The van der Waals surface area contributed by atoms with E-state index in [-0.39, 0.29) is 12.4 Å². The fourth-order valence-corrected chi connectivity index (χ4v) is 1.71. The topological polar surface area (TPSA) is 67.8 Å². The highest BCUT2D eigenvalue weighted by molar-refractivity contribution is 5.99. The summed E-state index contributed by atoms with van der Waals surface area (Å²) >= 11 is 0. The lowest BCUT2D eigenvalue weighted by molar-refractivity contribution is 0.302. The summed E-state index contributed by atoms with van der Waals surface area (Å²) in [5.41, 5.74) is 6.25. The maximum atomic E-state index is 13.0. The Labute approximate surface area is 114 Å². The van der Waals surface area contributed by atoms with Crippen LogP contribution in [0.5, 0.6) is 5.75 Å². The molecule has 0 aromatic heterocycles. The summed E-state index contributed by atoms with van der Waals surface area (Å²) < 4.78 is 31.5. The Hall–Kier alpha value is -2.63. The number of hydrogen-bond donors (Lipinski definition) is 2. The minimum atomic E-state index is -0.673. The van der Waals surface area contributed by atoms with Crippen LogP contribution in [0.25, 0.3) is 0 Å². The van der Waals surface area contributed by atoms with Gasteiger partial charge in [0.15, 0.2) is 5.84 Å². The molecule has 2 aromatic rings. The highest BCUT2D eigenvalue weighted by atomic mass is 19.1. The van der Waals surface area contributed by atoms with E-state index < -0.39 is 11.6 Å². The van der Waals surface area contributed by atoms with Crippen LogP contribution in [-0.2, 0) is 6.61 Å². The first-order valence-electron chi connectivity index (χ1n) is 5.75. The number of benzene rings is 2. The first-order valence-corrected chi connectivity index (χ1v) is 5.75. The number of oxime groups is 1. The van der Waals surface area contributed by atoms with Crippen LogP contribution in [0.15, 0.2) is 47.6 Å². The molecule has 0 radical (unpaired) electrons. The van der Waals surface area contributed by atoms with Gasteiger partial charge in [-0.3, -0.25) is 0 Å². The van der Waals surface area contributed by atoms with E-state index in [0.717, 1.165) is 6.07 Å². The highest BCUT2D eigenvalue weighted by Crippen LogP contribution is 2.19. The fraction of sp³-hybridized carbons (Fsp3) is 0.0714. The molecule has 0 aliphatic heterocycles. The van der Waals surface area contributed by atoms with Crippen LogP contribution < -0.4 is 10.5 Å². The van der Waals surface area contributed by atoms with E-state index in [9.17, 15) is 8.78 Å². The van der Waals surface area contributed by atoms with Gasteiger partial charge in [-0.2, -0.15) is 0 Å². The van der Waals surface area contributed by atoms with Gasteiger partial charge in [-0.1, -0.05) is 17.3 Å². The molecule has 4 nitrogen and oxygen atoms in total. The van der Waals surface area contributed by atoms with Gasteiger partial charge in [0.1, 0.15) is 24.0 Å². The van der Waals surface area contributed by atoms with E-state index in [4.69, 9.17) is 15.7 Å². The Morgan fingerprint density at radius 1 is 1.15 bits per heavy atom. The van der Waals surface area contributed by atoms with Crippen LogP contribution in [0.1, 0.15) is 11.1 Å². The monoisotopic (exact) mass is 278 g/mol. The van der Waals surface area contributed by atoms with Crippen molar-refractivity contribution < 1.29 is 18.7 Å². The minimum absolute atomic E-state index is 0.0373. The molecule has 0 amide bonds. The molecule has 0 unspecified atom stereocenters. The molecule has 104 valence electrons. The van der Waals surface area contributed by atoms with Gasteiger partial charge in [0, 0.05) is 6.07 Å². The van der Waals surface area contributed by atoms with Crippen molar-refractivity contribution in [2.45, 2.75) is 6.61 Å². The molecule has 0 atom stereocenters. The first-order chi connectivity index (χ1) is 9.60. The summed E-state index contributed by atoms with van der Waals surface area (Å²) in [5, 5.41) is 11.6. The second kappa shape index (κ2) is 6.01. The Kier molecular flexibility index (Phi) is 4.14. The average molecular weight is 278 g/mol. The van der Waals surface area contributed by atoms with Crippen molar-refractivity contribution in [3.63, 3.8) is 0 Å². The van der Waals surface area contributed by atoms with Crippen molar-refractivity contribution in [1.82, 2.24) is 0 Å². The van der Waals surface area contributed by atoms with Gasteiger partial charge in [-0.15, -0.1) is 0 Å². The second-order valence-electron chi connectivity index (χ2n) is 4.05. The number of para-hydroxylation sites is 1. The van der Waals surface area contributed by atoms with E-state index in [2.05, 4.69) is 5.16 Å². The maximum Gasteiger partial charge on any atom is 0.173 e. The molecule has 0 spiro atoms. The van der Waals surface area contributed by atoms with Crippen molar-refractivity contribution >= 4 is 5.84 Å². The number of hydrogen-bond acceptors (Lipinski definition) is 3. The lowest BCUT2D eigenvalue weighted by atomic mass is 10.2. The molecule has 6 heteroatoms. The zero-order valence-corrected chi connectivity index (χ0v) is 10.4. The zero-order chi connectivity index (χ0) is 14.5. The second-order valence-corrected chi connectivity index (χ2v) is 4.05. The van der Waals surface area contributed by atoms with Crippen LogP contribution in [0.2, 0.25) is 0 Å². The van der Waals surface area contributed by atoms with Crippen molar-refractivity contribution in [1.29, 1.82) is 0 Å². The van der Waals surface area contributed by atoms with Gasteiger partial charge >= 0.3 is 0 Å². The van der Waals surface area contributed by atoms with Crippen molar-refractivity contribution in [2.75, 3.05) is 0 Å². The Morgan fingerprint density at radius 2 is 1.80 bits per heavy atom. The van der Waals surface area contributed by atoms with Crippen molar-refractivity contribution in [3.8, 4) is 5.75 Å². The average Bonchev–Trinajstić information content (AvgIpc) is 2.43. The minimum Gasteiger partial charge on any atom is -0.488 e. The summed E-state index contributed by atoms with van der Waals surface area (Å²) in [6, 6.07) is 9.76. The smallest absolute Gasteiger partial charge is 0.173 e. The molecule has 0 saturated carbocycles. The molecule has 0 fully saturated rings. The van der Waals surface area contributed by atoms with E-state index >= 15 is 0 Å². The van der Waals surface area contributed by atoms with E-state index in [1.165, 1.54) is 12.1 Å². The summed E-state index contributed by atoms with van der Waals surface area (Å²) in [4.78, 5) is 0. The Bertz CT molecular complexity index is 625. The summed E-state index contributed by atoms with van der Waals surface area (Å²) in [6.45, 7) is -0.0373. The van der Waals surface area contributed by atoms with Gasteiger partial charge in [-0.25, -0.2) is 8.78 Å². The van der Waals surface area contributed by atoms with Crippen molar-refractivity contribution in [3.05, 3.63) is 65.2 Å². The highest BCUT2D eigenvalue weighted by Gasteiger charge is 2.08. The summed E-state index contributed by atoms with van der Waals surface area (Å²) in [5.74, 6) is -1.10. The van der Waals surface area contributed by atoms with Crippen LogP contribution in [0, 0.1) is 11.6 Å². The molecular formula is C14H12F2N2O2. The van der Waals surface area contributed by atoms with Gasteiger partial charge in [0.05, 0.1) is 5.56 Å². The SMILES string of the molecule is N/C(=N/O)c1ccccc1OCc1cc(F)cc(F)c1. The molecule has 20 heavy (non-hydrogen) atoms. The molecule has 3 N–H and O–H groups in total. The molecule has 2 aromatic carbocycles. The lowest BCUT2D eigenvalue weighted by Crippen LogP contribution is -2.14. The Morgan fingerprint density at radius 3 is 2.45 bits per heavy atom. The first kappa shape index (κ1) is 13.8. The predicted molar refractivity (Wildman–Crippen MR) is 69.6 cm³/mol. The predicted octanol–water partition coefficient (Wildman–Crippen LogP) is 2.64. The van der Waals surface area contributed by atoms with Gasteiger partial charge in [0.2, 0.25) is 0 Å². The summed E-state index contributed by atoms with van der Waals surface area (Å²) in [7, 11) is 0. The number of nitrogens with two attached hydrogens (primary N) is 1. The third-order valence-electron chi connectivity index (χ3n) is 2.59. The number of amidine groups is 1. The Balaban J connectivity index is 2.19. The van der Waals surface area contributed by atoms with Crippen LogP contribution in [0.4, 0.5) is 8.78 Å². The number of ether oxygens (including phenoxy) is 1. The van der Waals surface area contributed by atoms with E-state index in [0.29, 0.717) is 16.9 Å². The third-order valence-corrected chi connectivity index (χ3v) is 2.59. The number of halogens is 2. The van der Waals surface area contributed by atoms with Crippen molar-refractivity contribution in [2.24, 2.45) is 10.9 Å². The lowest BCUT2D eigenvalue weighted by Gasteiger charge is -2.10. The largest absolute Gasteiger partial charge is 0.488 e. The van der Waals surface area contributed by atoms with Gasteiger partial charge in [0.25, 0.3) is 0 Å². The molecule has 0 saturated heterocycles. The molecule has 0 heterocycles. The zero-order valence-electron chi connectivity index (χ0n) is 10.4. The maximum absolute atomic E-state index is 13.0. The van der Waals surface area contributed by atoms with Crippen LogP contribution in [0.3, 0.4) is 0 Å². The molecular weight excluding hydrogens is 266 g/mol.